The number of fused-ring (bicyclic) bond motifs is 1. The van der Waals surface area contributed by atoms with Crippen molar-refractivity contribution in [2.75, 3.05) is 12.4 Å². The number of imide groups is 1. The largest absolute Gasteiger partial charge is 0.388 e. The summed E-state index contributed by atoms with van der Waals surface area (Å²) in [6.07, 6.45) is 0.634. The van der Waals surface area contributed by atoms with E-state index >= 15 is 0 Å². The van der Waals surface area contributed by atoms with Gasteiger partial charge in [-0.1, -0.05) is 30.3 Å². The monoisotopic (exact) mass is 392 g/mol. The highest BCUT2D eigenvalue weighted by Crippen LogP contribution is 2.29. The van der Waals surface area contributed by atoms with Gasteiger partial charge in [0.2, 0.25) is 11.8 Å². The number of anilines is 1. The molecule has 1 saturated heterocycles. The smallest absolute Gasteiger partial charge is 0.255 e. The number of benzene rings is 2. The maximum Gasteiger partial charge on any atom is 0.255 e. The number of carbonyl (C=O) groups excluding carboxylic acids is 3. The summed E-state index contributed by atoms with van der Waals surface area (Å²) in [7, 11) is 1.90. The third-order valence-corrected chi connectivity index (χ3v) is 5.60. The highest BCUT2D eigenvalue weighted by Gasteiger charge is 2.39. The SMILES string of the molecule is CNc1ccccc1CNCc1cccc2c1CN(C1CCC(=O)NC1=O)C2=O. The van der Waals surface area contributed by atoms with Crippen LogP contribution in [0.4, 0.5) is 5.69 Å². The van der Waals surface area contributed by atoms with Crippen molar-refractivity contribution in [3.8, 4) is 0 Å². The van der Waals surface area contributed by atoms with E-state index in [1.807, 2.05) is 43.4 Å². The quantitative estimate of drug-likeness (QED) is 0.652. The van der Waals surface area contributed by atoms with E-state index < -0.39 is 6.04 Å². The van der Waals surface area contributed by atoms with Gasteiger partial charge in [-0.25, -0.2) is 0 Å². The normalized spacial score (nSPS) is 18.6. The molecule has 7 nitrogen and oxygen atoms in total. The van der Waals surface area contributed by atoms with Gasteiger partial charge in [-0.15, -0.1) is 0 Å². The molecule has 1 fully saturated rings. The summed E-state index contributed by atoms with van der Waals surface area (Å²) in [5.41, 5.74) is 4.90. The first-order valence-electron chi connectivity index (χ1n) is 9.80. The lowest BCUT2D eigenvalue weighted by molar-refractivity contribution is -0.136. The first-order valence-corrected chi connectivity index (χ1v) is 9.80. The van der Waals surface area contributed by atoms with Crippen LogP contribution in [0.1, 0.15) is 39.9 Å². The molecule has 3 amide bonds. The van der Waals surface area contributed by atoms with Gasteiger partial charge in [0.05, 0.1) is 0 Å². The Labute approximate surface area is 169 Å². The standard InChI is InChI=1S/C22H24N4O3/c1-23-18-8-3-2-5-15(18)12-24-11-14-6-4-7-16-17(14)13-26(22(16)29)19-9-10-20(27)25-21(19)28/h2-8,19,23-24H,9-13H2,1H3,(H,25,27,28). The third kappa shape index (κ3) is 3.73. The molecule has 150 valence electrons. The maximum absolute atomic E-state index is 12.9. The van der Waals surface area contributed by atoms with E-state index in [1.54, 1.807) is 4.90 Å². The molecule has 3 N–H and O–H groups in total. The van der Waals surface area contributed by atoms with Gasteiger partial charge in [0.25, 0.3) is 5.91 Å². The number of hydrogen-bond donors (Lipinski definition) is 3. The minimum atomic E-state index is -0.587. The molecule has 2 heterocycles. The number of carbonyl (C=O) groups is 3. The van der Waals surface area contributed by atoms with Crippen molar-refractivity contribution < 1.29 is 14.4 Å². The van der Waals surface area contributed by atoms with Gasteiger partial charge < -0.3 is 15.5 Å². The van der Waals surface area contributed by atoms with E-state index in [0.29, 0.717) is 31.6 Å². The molecule has 2 aromatic carbocycles. The highest BCUT2D eigenvalue weighted by molar-refractivity contribution is 6.05. The Morgan fingerprint density at radius 2 is 1.79 bits per heavy atom. The topological polar surface area (TPSA) is 90.5 Å². The molecular formula is C22H24N4O3. The lowest BCUT2D eigenvalue weighted by Gasteiger charge is -2.29. The molecule has 1 atom stereocenters. The first kappa shape index (κ1) is 19.1. The summed E-state index contributed by atoms with van der Waals surface area (Å²) in [5, 5.41) is 8.98. The fourth-order valence-corrected chi connectivity index (χ4v) is 4.07. The Bertz CT molecular complexity index is 972. The summed E-state index contributed by atoms with van der Waals surface area (Å²) < 4.78 is 0. The number of para-hydroxylation sites is 1. The molecule has 7 heteroatoms. The van der Waals surface area contributed by atoms with Crippen molar-refractivity contribution >= 4 is 23.4 Å². The van der Waals surface area contributed by atoms with Gasteiger partial charge in [-0.3, -0.25) is 19.7 Å². The molecule has 0 aliphatic carbocycles. The summed E-state index contributed by atoms with van der Waals surface area (Å²) in [4.78, 5) is 38.1. The number of nitrogens with zero attached hydrogens (tertiary/aromatic N) is 1. The van der Waals surface area contributed by atoms with Crippen LogP contribution in [0.3, 0.4) is 0 Å². The van der Waals surface area contributed by atoms with Crippen LogP contribution in [0, 0.1) is 0 Å². The molecule has 2 aliphatic rings. The van der Waals surface area contributed by atoms with Crippen LogP contribution < -0.4 is 16.0 Å². The van der Waals surface area contributed by atoms with Crippen LogP contribution in [0.15, 0.2) is 42.5 Å². The van der Waals surface area contributed by atoms with E-state index in [9.17, 15) is 14.4 Å². The van der Waals surface area contributed by atoms with Crippen LogP contribution >= 0.6 is 0 Å². The van der Waals surface area contributed by atoms with Crippen LogP contribution in [0.2, 0.25) is 0 Å². The molecule has 2 aromatic rings. The van der Waals surface area contributed by atoms with Crippen molar-refractivity contribution in [2.45, 2.75) is 38.5 Å². The number of piperidine rings is 1. The van der Waals surface area contributed by atoms with Gasteiger partial charge in [-0.2, -0.15) is 0 Å². The molecule has 29 heavy (non-hydrogen) atoms. The van der Waals surface area contributed by atoms with Gasteiger partial charge in [0, 0.05) is 44.4 Å². The molecular weight excluding hydrogens is 368 g/mol. The lowest BCUT2D eigenvalue weighted by atomic mass is 10.0. The Morgan fingerprint density at radius 3 is 2.59 bits per heavy atom. The average molecular weight is 392 g/mol. The molecule has 2 aliphatic heterocycles. The van der Waals surface area contributed by atoms with Crippen molar-refractivity contribution in [2.24, 2.45) is 0 Å². The van der Waals surface area contributed by atoms with E-state index in [0.717, 1.165) is 16.8 Å². The summed E-state index contributed by atoms with van der Waals surface area (Å²) in [6.45, 7) is 1.72. The fraction of sp³-hybridized carbons (Fsp3) is 0.318. The van der Waals surface area contributed by atoms with Crippen LogP contribution in [0.25, 0.3) is 0 Å². The minimum absolute atomic E-state index is 0.142. The molecule has 4 rings (SSSR count). The van der Waals surface area contributed by atoms with Crippen molar-refractivity contribution in [1.29, 1.82) is 0 Å². The molecule has 0 aromatic heterocycles. The Hall–Kier alpha value is -3.19. The van der Waals surface area contributed by atoms with Gasteiger partial charge >= 0.3 is 0 Å². The second-order valence-electron chi connectivity index (χ2n) is 7.35. The van der Waals surface area contributed by atoms with E-state index in [1.165, 1.54) is 5.56 Å². The number of amides is 3. The van der Waals surface area contributed by atoms with E-state index in [-0.39, 0.29) is 24.1 Å². The highest BCUT2D eigenvalue weighted by atomic mass is 16.2. The predicted molar refractivity (Wildman–Crippen MR) is 109 cm³/mol. The second kappa shape index (κ2) is 8.05. The fourth-order valence-electron chi connectivity index (χ4n) is 4.07. The van der Waals surface area contributed by atoms with Crippen LogP contribution in [-0.4, -0.2) is 35.7 Å². The Balaban J connectivity index is 1.47. The maximum atomic E-state index is 12.9. The second-order valence-corrected chi connectivity index (χ2v) is 7.35. The zero-order valence-corrected chi connectivity index (χ0v) is 16.3. The summed E-state index contributed by atoms with van der Waals surface area (Å²) in [6, 6.07) is 13.2. The van der Waals surface area contributed by atoms with Gasteiger partial charge in [-0.05, 0) is 35.2 Å². The minimum Gasteiger partial charge on any atom is -0.388 e. The molecule has 0 radical (unpaired) electrons. The lowest BCUT2D eigenvalue weighted by Crippen LogP contribution is -2.52. The first-order chi connectivity index (χ1) is 14.1. The Morgan fingerprint density at radius 1 is 1.03 bits per heavy atom. The van der Waals surface area contributed by atoms with Crippen LogP contribution in [0.5, 0.6) is 0 Å². The predicted octanol–water partition coefficient (Wildman–Crippen LogP) is 1.78. The summed E-state index contributed by atoms with van der Waals surface area (Å²) in [5.74, 6) is -0.801. The zero-order chi connectivity index (χ0) is 20.4. The zero-order valence-electron chi connectivity index (χ0n) is 16.3. The Kier molecular flexibility index (Phi) is 5.31. The molecule has 0 bridgehead atoms. The third-order valence-electron chi connectivity index (χ3n) is 5.60. The van der Waals surface area contributed by atoms with Crippen molar-refractivity contribution in [1.82, 2.24) is 15.5 Å². The van der Waals surface area contributed by atoms with E-state index in [2.05, 4.69) is 22.0 Å². The number of nitrogens with one attached hydrogen (secondary N) is 3. The average Bonchev–Trinajstić information content (AvgIpc) is 3.06. The van der Waals surface area contributed by atoms with Crippen molar-refractivity contribution in [3.63, 3.8) is 0 Å². The van der Waals surface area contributed by atoms with Crippen LogP contribution in [-0.2, 0) is 29.2 Å². The van der Waals surface area contributed by atoms with Gasteiger partial charge in [0.15, 0.2) is 0 Å². The van der Waals surface area contributed by atoms with E-state index in [4.69, 9.17) is 0 Å². The molecule has 0 spiro atoms. The molecule has 1 unspecified atom stereocenters. The van der Waals surface area contributed by atoms with Crippen molar-refractivity contribution in [3.05, 3.63) is 64.7 Å². The van der Waals surface area contributed by atoms with Gasteiger partial charge in [0.1, 0.15) is 6.04 Å². The number of rotatable bonds is 6. The molecule has 0 saturated carbocycles. The number of hydrogen-bond acceptors (Lipinski definition) is 5. The summed E-state index contributed by atoms with van der Waals surface area (Å²) >= 11 is 0.